The van der Waals surface area contributed by atoms with Gasteiger partial charge in [0.1, 0.15) is 39.1 Å². The van der Waals surface area contributed by atoms with Crippen molar-refractivity contribution in [2.24, 2.45) is 0 Å². The van der Waals surface area contributed by atoms with Gasteiger partial charge < -0.3 is 45.1 Å². The summed E-state index contributed by atoms with van der Waals surface area (Å²) in [6.45, 7) is 26.9. The summed E-state index contributed by atoms with van der Waals surface area (Å²) >= 11 is 0. The predicted molar refractivity (Wildman–Crippen MR) is 563 cm³/mol. The Bertz CT molecular complexity index is 9340. The Hall–Kier alpha value is -15.5. The maximum absolute atomic E-state index is 6.27. The largest absolute Gasteiger partial charge is 0.456 e. The summed E-state index contributed by atoms with van der Waals surface area (Å²) in [5.74, 6) is 0. The number of aromatic nitrogens is 6. The fourth-order valence-corrected chi connectivity index (χ4v) is 21.7. The first-order chi connectivity index (χ1) is 64.5. The average molecular weight is 1720 g/mol. The molecule has 0 amide bonds. The van der Waals surface area contributed by atoms with Crippen molar-refractivity contribution in [3.05, 3.63) is 364 Å². The van der Waals surface area contributed by atoms with Gasteiger partial charge in [-0.15, -0.1) is 0 Å². The Balaban J connectivity index is 0.0000000899. The Morgan fingerprint density at radius 1 is 0.152 bits per heavy atom. The first-order valence-corrected chi connectivity index (χ1v) is 46.7. The van der Waals surface area contributed by atoms with Crippen molar-refractivity contribution in [3.8, 4) is 0 Å². The summed E-state index contributed by atoms with van der Waals surface area (Å²) in [6, 6.07) is 132. The van der Waals surface area contributed by atoms with Crippen LogP contribution in [0.2, 0.25) is 0 Å². The molecule has 10 nitrogen and oxygen atoms in total. The molecule has 0 N–H and O–H groups in total. The lowest BCUT2D eigenvalue weighted by Gasteiger charge is -2.12. The molecular formula is C122H102N6O4. The van der Waals surface area contributed by atoms with Gasteiger partial charge in [-0.05, 0) is 220 Å². The molecule has 0 aliphatic heterocycles. The number of hydrogen-bond donors (Lipinski definition) is 0. The minimum Gasteiger partial charge on any atom is -0.456 e. The zero-order valence-corrected chi connectivity index (χ0v) is 76.4. The molecule has 644 valence electrons. The first-order valence-electron chi connectivity index (χ1n) is 46.7. The van der Waals surface area contributed by atoms with E-state index in [1.165, 1.54) is 195 Å². The minimum atomic E-state index is 0.371. The fraction of sp³-hybridized carbons (Fsp3) is 0.148. The van der Waals surface area contributed by atoms with Gasteiger partial charge in [0, 0.05) is 189 Å². The van der Waals surface area contributed by atoms with Crippen LogP contribution in [0.5, 0.6) is 0 Å². The van der Waals surface area contributed by atoms with Crippen LogP contribution in [-0.4, -0.2) is 27.4 Å². The monoisotopic (exact) mass is 1710 g/mol. The van der Waals surface area contributed by atoms with Crippen molar-refractivity contribution in [1.82, 2.24) is 27.4 Å². The second-order valence-corrected chi connectivity index (χ2v) is 37.1. The number of rotatable bonds is 6. The van der Waals surface area contributed by atoms with Crippen LogP contribution < -0.4 is 0 Å². The lowest BCUT2D eigenvalue weighted by molar-refractivity contribution is 0.630. The van der Waals surface area contributed by atoms with Crippen LogP contribution in [0.1, 0.15) is 119 Å². The van der Waals surface area contributed by atoms with E-state index in [1.54, 1.807) is 0 Å². The van der Waals surface area contributed by atoms with Gasteiger partial charge in [-0.25, -0.2) is 0 Å². The van der Waals surface area contributed by atoms with Crippen molar-refractivity contribution in [3.63, 3.8) is 0 Å². The molecule has 28 aromatic rings. The third kappa shape index (κ3) is 13.1. The van der Waals surface area contributed by atoms with Crippen molar-refractivity contribution in [2.45, 2.75) is 119 Å². The smallest absolute Gasteiger partial charge is 0.159 e. The molecule has 0 bridgehead atoms. The van der Waals surface area contributed by atoms with E-state index >= 15 is 0 Å². The maximum atomic E-state index is 6.27. The van der Waals surface area contributed by atoms with Gasteiger partial charge in [-0.1, -0.05) is 243 Å². The van der Waals surface area contributed by atoms with E-state index in [2.05, 4.69) is 426 Å². The lowest BCUT2D eigenvalue weighted by Crippen LogP contribution is -1.99. The van der Waals surface area contributed by atoms with Crippen LogP contribution in [0.15, 0.2) is 382 Å². The topological polar surface area (TPSA) is 82.1 Å². The minimum absolute atomic E-state index is 0.371. The molecule has 0 fully saturated rings. The summed E-state index contributed by atoms with van der Waals surface area (Å²) < 4.78 is 39.0. The highest BCUT2D eigenvalue weighted by atomic mass is 16.3. The van der Waals surface area contributed by atoms with Gasteiger partial charge in [0.25, 0.3) is 0 Å². The summed E-state index contributed by atoms with van der Waals surface area (Å²) in [7, 11) is 0. The number of furan rings is 4. The number of para-hydroxylation sites is 10. The van der Waals surface area contributed by atoms with Crippen LogP contribution in [-0.2, 0) is 0 Å². The Morgan fingerprint density at radius 3 is 0.985 bits per heavy atom. The van der Waals surface area contributed by atoms with E-state index < -0.39 is 0 Å². The summed E-state index contributed by atoms with van der Waals surface area (Å²) in [5, 5.41) is 30.6. The van der Waals surface area contributed by atoms with Crippen LogP contribution >= 0.6 is 0 Å². The molecule has 0 unspecified atom stereocenters. The zero-order chi connectivity index (χ0) is 89.6. The standard InChI is InChI=1S/4C21H17NO.2C19H17N/c1-13(2)22-18-9-5-3-7-14(18)16-12-21-17(11-19(16)22)15-8-4-6-10-20(15)23-21;1-13(2)22-18-9-5-3-7-14(18)16-11-17-15-8-4-6-10-20(15)23-21(17)12-19(16)22;1-13(2)22-17-9-5-3-7-14(17)15-11-12-19-20(21(15)22)16-8-4-6-10-18(16)23-19;1-13(2)22-18-9-5-3-7-14(18)16-11-12-17-15-8-4-6-10-19(15)23-21(17)20(16)22;1-13(2)20-18-10-6-5-9-16(18)17-11-14-7-3-4-8-15(14)12-19(17)20;1-13(2)20-17-10-6-5-9-16(17)19-15-8-4-3-7-14(15)11-12-18(19)20/h4*3-13H,1-2H3;2*3-13H,1-2H3. The third-order valence-corrected chi connectivity index (χ3v) is 27.1. The molecule has 18 aromatic carbocycles. The molecule has 0 aliphatic rings. The summed E-state index contributed by atoms with van der Waals surface area (Å²) in [5.41, 5.74) is 23.2. The van der Waals surface area contributed by atoms with Gasteiger partial charge in [0.2, 0.25) is 0 Å². The Morgan fingerprint density at radius 2 is 0.470 bits per heavy atom. The molecule has 0 spiro atoms. The number of fused-ring (bicyclic) bond motifs is 35. The number of hydrogen-bond acceptors (Lipinski definition) is 4. The van der Waals surface area contributed by atoms with Gasteiger partial charge >= 0.3 is 0 Å². The third-order valence-electron chi connectivity index (χ3n) is 27.1. The molecule has 0 saturated heterocycles. The molecule has 28 rings (SSSR count). The van der Waals surface area contributed by atoms with E-state index in [9.17, 15) is 0 Å². The normalized spacial score (nSPS) is 12.2. The molecular weight excluding hydrogens is 1610 g/mol. The van der Waals surface area contributed by atoms with Crippen LogP contribution in [0.4, 0.5) is 0 Å². The van der Waals surface area contributed by atoms with Gasteiger partial charge in [0.05, 0.1) is 27.5 Å². The Kier molecular flexibility index (Phi) is 19.8. The lowest BCUT2D eigenvalue weighted by atomic mass is 10.0. The average Bonchev–Trinajstić information content (AvgIpc) is 1.56. The van der Waals surface area contributed by atoms with Crippen molar-refractivity contribution in [2.75, 3.05) is 0 Å². The SMILES string of the molecule is CC(C)n1c2ccccc2c2c3ccccc3ccc21.CC(C)n1c2ccccc2c2cc3c(cc21)oc1ccccc13.CC(C)n1c2ccccc2c2cc3ccccc3cc21.CC(C)n1c2ccccc2c2cc3oc4ccccc4c3cc21.CC(C)n1c2ccccc2c2ccc3c4ccccc4oc3c21.CC(C)n1c2ccccc2c2ccc3oc4ccccc4c3c21. The van der Waals surface area contributed by atoms with E-state index in [0.29, 0.717) is 36.3 Å². The highest BCUT2D eigenvalue weighted by molar-refractivity contribution is 6.26. The van der Waals surface area contributed by atoms with Crippen molar-refractivity contribution < 1.29 is 17.7 Å². The highest BCUT2D eigenvalue weighted by Gasteiger charge is 2.25. The van der Waals surface area contributed by atoms with Gasteiger partial charge in [0.15, 0.2) is 5.58 Å². The highest BCUT2D eigenvalue weighted by Crippen LogP contribution is 2.47. The molecule has 0 aliphatic carbocycles. The molecule has 10 heteroatoms. The first kappa shape index (κ1) is 81.0. The molecule has 10 aromatic heterocycles. The molecule has 0 atom stereocenters. The van der Waals surface area contributed by atoms with E-state index in [1.807, 2.05) is 48.5 Å². The second-order valence-electron chi connectivity index (χ2n) is 37.1. The van der Waals surface area contributed by atoms with E-state index in [-0.39, 0.29) is 0 Å². The summed E-state index contributed by atoms with van der Waals surface area (Å²) in [6.07, 6.45) is 0. The van der Waals surface area contributed by atoms with Crippen molar-refractivity contribution in [1.29, 1.82) is 0 Å². The van der Waals surface area contributed by atoms with Crippen LogP contribution in [0.3, 0.4) is 0 Å². The van der Waals surface area contributed by atoms with E-state index in [4.69, 9.17) is 17.7 Å². The van der Waals surface area contributed by atoms with Crippen molar-refractivity contribution >= 4 is 240 Å². The van der Waals surface area contributed by atoms with Crippen LogP contribution in [0, 0.1) is 0 Å². The summed E-state index contributed by atoms with van der Waals surface area (Å²) in [4.78, 5) is 0. The van der Waals surface area contributed by atoms with Crippen LogP contribution in [0.25, 0.3) is 240 Å². The molecule has 10 heterocycles. The number of nitrogens with zero attached hydrogens (tertiary/aromatic N) is 6. The zero-order valence-electron chi connectivity index (χ0n) is 76.4. The molecule has 0 saturated carbocycles. The second kappa shape index (κ2) is 32.3. The maximum Gasteiger partial charge on any atom is 0.159 e. The number of benzene rings is 18. The Labute approximate surface area is 763 Å². The van der Waals surface area contributed by atoms with Gasteiger partial charge in [-0.3, -0.25) is 0 Å². The van der Waals surface area contributed by atoms with Gasteiger partial charge in [-0.2, -0.15) is 0 Å². The van der Waals surface area contributed by atoms with E-state index in [0.717, 1.165) is 44.7 Å². The fourth-order valence-electron chi connectivity index (χ4n) is 21.7. The molecule has 0 radical (unpaired) electrons. The predicted octanol–water partition coefficient (Wildman–Crippen LogP) is 36.2. The molecule has 132 heavy (non-hydrogen) atoms. The quantitative estimate of drug-likeness (QED) is 0.166.